The normalized spacial score (nSPS) is 14.0. The molecule has 88 valence electrons. The van der Waals surface area contributed by atoms with E-state index in [9.17, 15) is 0 Å². The molecule has 0 fully saturated rings. The van der Waals surface area contributed by atoms with Crippen LogP contribution in [-0.2, 0) is 12.8 Å². The van der Waals surface area contributed by atoms with Crippen molar-refractivity contribution in [3.05, 3.63) is 34.8 Å². The van der Waals surface area contributed by atoms with Crippen molar-refractivity contribution in [1.82, 2.24) is 10.2 Å². The van der Waals surface area contributed by atoms with Crippen molar-refractivity contribution < 1.29 is 0 Å². The maximum Gasteiger partial charge on any atom is 0.203 e. The first-order valence-electron chi connectivity index (χ1n) is 5.73. The van der Waals surface area contributed by atoms with Crippen molar-refractivity contribution in [2.45, 2.75) is 12.8 Å². The van der Waals surface area contributed by atoms with E-state index in [0.29, 0.717) is 5.13 Å². The summed E-state index contributed by atoms with van der Waals surface area (Å²) in [6, 6.07) is 8.60. The first kappa shape index (κ1) is 10.5. The Bertz CT molecular complexity index is 523. The number of nitrogen functional groups attached to an aromatic ring is 1. The van der Waals surface area contributed by atoms with Crippen LogP contribution in [0.5, 0.6) is 0 Å². The zero-order chi connectivity index (χ0) is 11.7. The molecule has 1 aromatic carbocycles. The number of anilines is 2. The van der Waals surface area contributed by atoms with Gasteiger partial charge < -0.3 is 10.6 Å². The molecule has 0 amide bonds. The number of para-hydroxylation sites is 1. The Labute approximate surface area is 104 Å². The monoisotopic (exact) mass is 246 g/mol. The molecule has 1 aliphatic rings. The largest absolute Gasteiger partial charge is 0.374 e. The van der Waals surface area contributed by atoms with Crippen molar-refractivity contribution >= 4 is 22.2 Å². The zero-order valence-electron chi connectivity index (χ0n) is 9.47. The van der Waals surface area contributed by atoms with Crippen LogP contribution in [-0.4, -0.2) is 23.3 Å². The molecule has 1 aromatic heterocycles. The van der Waals surface area contributed by atoms with Crippen molar-refractivity contribution in [1.29, 1.82) is 0 Å². The number of benzene rings is 1. The molecule has 0 saturated carbocycles. The van der Waals surface area contributed by atoms with Gasteiger partial charge in [0.15, 0.2) is 0 Å². The fraction of sp³-hybridized carbons (Fsp3) is 0.333. The van der Waals surface area contributed by atoms with Gasteiger partial charge in [0.05, 0.1) is 0 Å². The molecule has 0 spiro atoms. The average Bonchev–Trinajstić information content (AvgIpc) is 2.93. The van der Waals surface area contributed by atoms with Crippen molar-refractivity contribution in [2.24, 2.45) is 0 Å². The van der Waals surface area contributed by atoms with Crippen LogP contribution in [0.25, 0.3) is 0 Å². The summed E-state index contributed by atoms with van der Waals surface area (Å²) in [6.45, 7) is 2.10. The Balaban J connectivity index is 1.68. The lowest BCUT2D eigenvalue weighted by molar-refractivity contribution is 0.801. The second kappa shape index (κ2) is 4.33. The van der Waals surface area contributed by atoms with Gasteiger partial charge in [0, 0.05) is 25.2 Å². The fourth-order valence-electron chi connectivity index (χ4n) is 2.24. The number of fused-ring (bicyclic) bond motifs is 1. The Morgan fingerprint density at radius 1 is 1.29 bits per heavy atom. The second-order valence-corrected chi connectivity index (χ2v) is 5.24. The lowest BCUT2D eigenvalue weighted by atomic mass is 10.2. The SMILES string of the molecule is Nc1nnc(CCN2CCc3ccccc32)s1. The standard InChI is InChI=1S/C12H14N4S/c13-12-15-14-11(17-12)6-8-16-7-5-9-3-1-2-4-10(9)16/h1-4H,5-8H2,(H2,13,15). The Hall–Kier alpha value is -1.62. The van der Waals surface area contributed by atoms with Crippen LogP contribution >= 0.6 is 11.3 Å². The third-order valence-electron chi connectivity index (χ3n) is 3.06. The van der Waals surface area contributed by atoms with Gasteiger partial charge in [-0.2, -0.15) is 0 Å². The molecule has 4 nitrogen and oxygen atoms in total. The van der Waals surface area contributed by atoms with E-state index in [2.05, 4.69) is 39.4 Å². The Morgan fingerprint density at radius 2 is 2.18 bits per heavy atom. The summed E-state index contributed by atoms with van der Waals surface area (Å²) in [5.74, 6) is 0. The van der Waals surface area contributed by atoms with E-state index in [1.54, 1.807) is 0 Å². The van der Waals surface area contributed by atoms with Crippen LogP contribution < -0.4 is 10.6 Å². The summed E-state index contributed by atoms with van der Waals surface area (Å²) < 4.78 is 0. The molecule has 0 aliphatic carbocycles. The molecule has 2 aromatic rings. The highest BCUT2D eigenvalue weighted by molar-refractivity contribution is 7.15. The number of nitrogens with zero attached hydrogens (tertiary/aromatic N) is 3. The van der Waals surface area contributed by atoms with E-state index >= 15 is 0 Å². The maximum atomic E-state index is 5.57. The van der Waals surface area contributed by atoms with Gasteiger partial charge in [0.1, 0.15) is 5.01 Å². The van der Waals surface area contributed by atoms with Crippen molar-refractivity contribution in [3.8, 4) is 0 Å². The fourth-order valence-corrected chi connectivity index (χ4v) is 2.84. The zero-order valence-corrected chi connectivity index (χ0v) is 10.3. The lowest BCUT2D eigenvalue weighted by Crippen LogP contribution is -2.23. The third-order valence-corrected chi connectivity index (χ3v) is 3.87. The van der Waals surface area contributed by atoms with Gasteiger partial charge >= 0.3 is 0 Å². The van der Waals surface area contributed by atoms with Gasteiger partial charge in [0.25, 0.3) is 0 Å². The van der Waals surface area contributed by atoms with Gasteiger partial charge in [0.2, 0.25) is 5.13 Å². The highest BCUT2D eigenvalue weighted by Crippen LogP contribution is 2.27. The number of nitrogens with two attached hydrogens (primary N) is 1. The molecule has 0 saturated heterocycles. The van der Waals surface area contributed by atoms with Crippen molar-refractivity contribution in [3.63, 3.8) is 0 Å². The van der Waals surface area contributed by atoms with E-state index in [-0.39, 0.29) is 0 Å². The first-order valence-corrected chi connectivity index (χ1v) is 6.55. The summed E-state index contributed by atoms with van der Waals surface area (Å²) in [5.41, 5.74) is 8.38. The second-order valence-electron chi connectivity index (χ2n) is 4.15. The molecule has 2 heterocycles. The number of hydrogen-bond donors (Lipinski definition) is 1. The van der Waals surface area contributed by atoms with Gasteiger partial charge in [-0.3, -0.25) is 0 Å². The average molecular weight is 246 g/mol. The third kappa shape index (κ3) is 2.10. The van der Waals surface area contributed by atoms with E-state index < -0.39 is 0 Å². The van der Waals surface area contributed by atoms with Gasteiger partial charge in [-0.15, -0.1) is 10.2 Å². The van der Waals surface area contributed by atoms with Crippen molar-refractivity contribution in [2.75, 3.05) is 23.7 Å². The van der Waals surface area contributed by atoms with Crippen LogP contribution in [0.2, 0.25) is 0 Å². The van der Waals surface area contributed by atoms with E-state index in [1.165, 1.54) is 22.6 Å². The van der Waals surface area contributed by atoms with Gasteiger partial charge in [-0.1, -0.05) is 29.5 Å². The highest BCUT2D eigenvalue weighted by atomic mass is 32.1. The first-order chi connectivity index (χ1) is 8.33. The number of aromatic nitrogens is 2. The van der Waals surface area contributed by atoms with Crippen LogP contribution in [0.15, 0.2) is 24.3 Å². The highest BCUT2D eigenvalue weighted by Gasteiger charge is 2.18. The lowest BCUT2D eigenvalue weighted by Gasteiger charge is -2.18. The van der Waals surface area contributed by atoms with Crippen LogP contribution in [0.1, 0.15) is 10.6 Å². The molecular formula is C12H14N4S. The van der Waals surface area contributed by atoms with E-state index in [1.807, 2.05) is 0 Å². The van der Waals surface area contributed by atoms with Gasteiger partial charge in [-0.05, 0) is 18.1 Å². The van der Waals surface area contributed by atoms with Crippen LogP contribution in [0.4, 0.5) is 10.8 Å². The van der Waals surface area contributed by atoms with Crippen LogP contribution in [0, 0.1) is 0 Å². The molecular weight excluding hydrogens is 232 g/mol. The van der Waals surface area contributed by atoms with Gasteiger partial charge in [-0.25, -0.2) is 0 Å². The summed E-state index contributed by atoms with van der Waals surface area (Å²) >= 11 is 1.48. The predicted octanol–water partition coefficient (Wildman–Crippen LogP) is 1.73. The number of hydrogen-bond acceptors (Lipinski definition) is 5. The molecule has 3 rings (SSSR count). The van der Waals surface area contributed by atoms with E-state index in [0.717, 1.165) is 30.9 Å². The molecule has 0 atom stereocenters. The Morgan fingerprint density at radius 3 is 3.00 bits per heavy atom. The molecule has 0 radical (unpaired) electrons. The minimum absolute atomic E-state index is 0.557. The number of rotatable bonds is 3. The topological polar surface area (TPSA) is 55.0 Å². The predicted molar refractivity (Wildman–Crippen MR) is 70.4 cm³/mol. The quantitative estimate of drug-likeness (QED) is 0.896. The van der Waals surface area contributed by atoms with E-state index in [4.69, 9.17) is 5.73 Å². The molecule has 17 heavy (non-hydrogen) atoms. The minimum atomic E-state index is 0.557. The smallest absolute Gasteiger partial charge is 0.203 e. The summed E-state index contributed by atoms with van der Waals surface area (Å²) in [6.07, 6.45) is 2.07. The minimum Gasteiger partial charge on any atom is -0.374 e. The Kier molecular flexibility index (Phi) is 2.68. The summed E-state index contributed by atoms with van der Waals surface area (Å²) in [4.78, 5) is 2.41. The molecule has 5 heteroatoms. The summed E-state index contributed by atoms with van der Waals surface area (Å²) in [5, 5.41) is 9.46. The van der Waals surface area contributed by atoms with Crippen LogP contribution in [0.3, 0.4) is 0 Å². The molecule has 2 N–H and O–H groups in total. The molecule has 0 unspecified atom stereocenters. The molecule has 0 bridgehead atoms. The maximum absolute atomic E-state index is 5.57. The summed E-state index contributed by atoms with van der Waals surface area (Å²) in [7, 11) is 0. The molecule has 1 aliphatic heterocycles.